The normalized spacial score (nSPS) is 26.1. The molecule has 0 amide bonds. The summed E-state index contributed by atoms with van der Waals surface area (Å²) < 4.78 is 1.80. The van der Waals surface area contributed by atoms with Crippen molar-refractivity contribution in [2.75, 3.05) is 0 Å². The molecule has 0 aromatic carbocycles. The summed E-state index contributed by atoms with van der Waals surface area (Å²) in [4.78, 5) is 0. The van der Waals surface area contributed by atoms with Gasteiger partial charge in [0.25, 0.3) is 0 Å². The number of aromatic nitrogens is 3. The maximum atomic E-state index is 9.77. The van der Waals surface area contributed by atoms with Crippen LogP contribution in [-0.2, 0) is 5.41 Å². The van der Waals surface area contributed by atoms with Crippen molar-refractivity contribution < 1.29 is 5.11 Å². The van der Waals surface area contributed by atoms with Crippen LogP contribution in [-0.4, -0.2) is 26.2 Å². The molecule has 1 aromatic heterocycles. The van der Waals surface area contributed by atoms with E-state index in [-0.39, 0.29) is 11.5 Å². The molecule has 1 aliphatic carbocycles. The third kappa shape index (κ3) is 2.78. The Morgan fingerprint density at radius 1 is 1.53 bits per heavy atom. The molecule has 2 rings (SSSR count). The molecular formula is C15H23N3O. The Morgan fingerprint density at radius 2 is 2.26 bits per heavy atom. The predicted molar refractivity (Wildman–Crippen MR) is 75.9 cm³/mol. The van der Waals surface area contributed by atoms with Gasteiger partial charge in [-0.25, -0.2) is 4.68 Å². The van der Waals surface area contributed by atoms with E-state index in [1.807, 2.05) is 13.1 Å². The van der Waals surface area contributed by atoms with Crippen LogP contribution in [0.4, 0.5) is 0 Å². The Morgan fingerprint density at radius 3 is 2.79 bits per heavy atom. The van der Waals surface area contributed by atoms with Crippen LogP contribution in [0.5, 0.6) is 0 Å². The Hall–Kier alpha value is -1.42. The molecule has 0 radical (unpaired) electrons. The van der Waals surface area contributed by atoms with Crippen LogP contribution in [0.2, 0.25) is 0 Å². The Kier molecular flexibility index (Phi) is 3.90. The standard InChI is InChI=1S/C15H23N3O/c1-5-13(12(3)19)18-10-14(16-17-18)15(4)8-6-11(2)7-9-15/h6-8,10,12-13,19H,5,9H2,1-4H3/t12-,13+,15?/m1/s1. The molecule has 0 spiro atoms. The van der Waals surface area contributed by atoms with Gasteiger partial charge in [-0.2, -0.15) is 0 Å². The van der Waals surface area contributed by atoms with Crippen LogP contribution < -0.4 is 0 Å². The van der Waals surface area contributed by atoms with Gasteiger partial charge in [-0.05, 0) is 26.7 Å². The molecule has 0 aliphatic heterocycles. The van der Waals surface area contributed by atoms with Crippen molar-refractivity contribution in [3.8, 4) is 0 Å². The van der Waals surface area contributed by atoms with Gasteiger partial charge < -0.3 is 5.11 Å². The van der Waals surface area contributed by atoms with E-state index in [0.29, 0.717) is 0 Å². The number of hydrogen-bond acceptors (Lipinski definition) is 3. The van der Waals surface area contributed by atoms with Crippen LogP contribution in [0.3, 0.4) is 0 Å². The first kappa shape index (κ1) is 14.0. The number of aliphatic hydroxyl groups is 1. The lowest BCUT2D eigenvalue weighted by molar-refractivity contribution is 0.119. The second-order valence-electron chi connectivity index (χ2n) is 5.70. The Bertz CT molecular complexity index is 501. The van der Waals surface area contributed by atoms with E-state index in [4.69, 9.17) is 0 Å². The third-order valence-electron chi connectivity index (χ3n) is 3.97. The second kappa shape index (κ2) is 5.29. The molecule has 4 heteroatoms. The molecule has 1 heterocycles. The number of nitrogens with zero attached hydrogens (tertiary/aromatic N) is 3. The van der Waals surface area contributed by atoms with Gasteiger partial charge in [0, 0.05) is 11.6 Å². The van der Waals surface area contributed by atoms with Crippen molar-refractivity contribution in [2.24, 2.45) is 0 Å². The van der Waals surface area contributed by atoms with Crippen molar-refractivity contribution in [2.45, 2.75) is 58.1 Å². The average molecular weight is 261 g/mol. The highest BCUT2D eigenvalue weighted by molar-refractivity contribution is 5.32. The molecule has 1 aliphatic rings. The minimum Gasteiger partial charge on any atom is -0.391 e. The van der Waals surface area contributed by atoms with Crippen LogP contribution in [0, 0.1) is 0 Å². The molecule has 1 N–H and O–H groups in total. The van der Waals surface area contributed by atoms with Gasteiger partial charge >= 0.3 is 0 Å². The highest BCUT2D eigenvalue weighted by atomic mass is 16.3. The minimum absolute atomic E-state index is 0.00491. The van der Waals surface area contributed by atoms with E-state index < -0.39 is 6.10 Å². The van der Waals surface area contributed by atoms with Gasteiger partial charge in [0.05, 0.1) is 17.8 Å². The number of hydrogen-bond donors (Lipinski definition) is 1. The summed E-state index contributed by atoms with van der Waals surface area (Å²) in [7, 11) is 0. The van der Waals surface area contributed by atoms with E-state index in [0.717, 1.165) is 18.5 Å². The quantitative estimate of drug-likeness (QED) is 0.906. The van der Waals surface area contributed by atoms with Crippen LogP contribution in [0.1, 0.15) is 52.3 Å². The summed E-state index contributed by atoms with van der Waals surface area (Å²) in [5.41, 5.74) is 2.17. The van der Waals surface area contributed by atoms with Gasteiger partial charge in [0.15, 0.2) is 0 Å². The molecule has 0 saturated carbocycles. The van der Waals surface area contributed by atoms with Crippen LogP contribution in [0.25, 0.3) is 0 Å². The SMILES string of the molecule is CC[C@@H]([C@@H](C)O)n1cc(C2(C)C=CC(C)=CC2)nn1. The van der Waals surface area contributed by atoms with Gasteiger partial charge in [-0.15, -0.1) is 5.10 Å². The fraction of sp³-hybridized carbons (Fsp3) is 0.600. The zero-order valence-corrected chi connectivity index (χ0v) is 12.2. The lowest BCUT2D eigenvalue weighted by atomic mass is 9.80. The van der Waals surface area contributed by atoms with Crippen LogP contribution in [0.15, 0.2) is 30.0 Å². The second-order valence-corrected chi connectivity index (χ2v) is 5.70. The van der Waals surface area contributed by atoms with Crippen molar-refractivity contribution in [3.05, 3.63) is 35.7 Å². The first-order chi connectivity index (χ1) is 8.96. The third-order valence-corrected chi connectivity index (χ3v) is 3.97. The van der Waals surface area contributed by atoms with Gasteiger partial charge in [0.1, 0.15) is 0 Å². The number of allylic oxidation sites excluding steroid dienone is 4. The fourth-order valence-electron chi connectivity index (χ4n) is 2.46. The van der Waals surface area contributed by atoms with Gasteiger partial charge in [-0.1, -0.05) is 42.9 Å². The molecule has 19 heavy (non-hydrogen) atoms. The average Bonchev–Trinajstić information content (AvgIpc) is 2.84. The summed E-state index contributed by atoms with van der Waals surface area (Å²) in [6.07, 6.45) is 9.89. The largest absolute Gasteiger partial charge is 0.391 e. The van der Waals surface area contributed by atoms with Crippen LogP contribution >= 0.6 is 0 Å². The molecule has 104 valence electrons. The molecule has 0 fully saturated rings. The summed E-state index contributed by atoms with van der Waals surface area (Å²) in [6.45, 7) is 8.12. The predicted octanol–water partition coefficient (Wildman–Crippen LogP) is 2.77. The molecule has 1 unspecified atom stereocenters. The maximum Gasteiger partial charge on any atom is 0.0927 e. The maximum absolute atomic E-state index is 9.77. The molecule has 1 aromatic rings. The smallest absolute Gasteiger partial charge is 0.0927 e. The van der Waals surface area contributed by atoms with Crippen molar-refractivity contribution in [1.82, 2.24) is 15.0 Å². The zero-order chi connectivity index (χ0) is 14.0. The molecule has 3 atom stereocenters. The molecule has 0 bridgehead atoms. The van der Waals surface area contributed by atoms with Crippen molar-refractivity contribution in [3.63, 3.8) is 0 Å². The fourth-order valence-corrected chi connectivity index (χ4v) is 2.46. The topological polar surface area (TPSA) is 50.9 Å². The van der Waals surface area contributed by atoms with Crippen molar-refractivity contribution in [1.29, 1.82) is 0 Å². The Balaban J connectivity index is 2.24. The van der Waals surface area contributed by atoms with Gasteiger partial charge in [-0.3, -0.25) is 0 Å². The van der Waals surface area contributed by atoms with E-state index in [1.165, 1.54) is 5.57 Å². The molecule has 4 nitrogen and oxygen atoms in total. The minimum atomic E-state index is -0.420. The molecule has 0 saturated heterocycles. The lowest BCUT2D eigenvalue weighted by Crippen LogP contribution is -2.22. The summed E-state index contributed by atoms with van der Waals surface area (Å²) in [5, 5.41) is 18.3. The summed E-state index contributed by atoms with van der Waals surface area (Å²) in [5.74, 6) is 0. The Labute approximate surface area is 114 Å². The summed E-state index contributed by atoms with van der Waals surface area (Å²) >= 11 is 0. The lowest BCUT2D eigenvalue weighted by Gasteiger charge is -2.25. The molecular weight excluding hydrogens is 238 g/mol. The van der Waals surface area contributed by atoms with Crippen molar-refractivity contribution >= 4 is 0 Å². The number of aliphatic hydroxyl groups excluding tert-OH is 1. The van der Waals surface area contributed by atoms with E-state index >= 15 is 0 Å². The zero-order valence-electron chi connectivity index (χ0n) is 12.2. The monoisotopic (exact) mass is 261 g/mol. The first-order valence-electron chi connectivity index (χ1n) is 6.92. The van der Waals surface area contributed by atoms with E-state index in [2.05, 4.69) is 42.4 Å². The number of rotatable bonds is 4. The van der Waals surface area contributed by atoms with E-state index in [1.54, 1.807) is 11.6 Å². The highest BCUT2D eigenvalue weighted by Gasteiger charge is 2.29. The van der Waals surface area contributed by atoms with E-state index in [9.17, 15) is 5.11 Å². The van der Waals surface area contributed by atoms with Gasteiger partial charge in [0.2, 0.25) is 0 Å². The highest BCUT2D eigenvalue weighted by Crippen LogP contribution is 2.32. The first-order valence-corrected chi connectivity index (χ1v) is 6.92. The summed E-state index contributed by atoms with van der Waals surface area (Å²) in [6, 6.07) is -0.00491.